The highest BCUT2D eigenvalue weighted by Crippen LogP contribution is 2.36. The molecule has 0 N–H and O–H groups in total. The van der Waals surface area contributed by atoms with Crippen molar-refractivity contribution < 1.29 is 13.9 Å². The number of carbonyl (C=O) groups excluding carboxylic acids is 1. The fourth-order valence-electron chi connectivity index (χ4n) is 2.46. The van der Waals surface area contributed by atoms with Gasteiger partial charge < -0.3 is 9.15 Å². The van der Waals surface area contributed by atoms with Crippen LogP contribution < -0.4 is 4.74 Å². The third-order valence-electron chi connectivity index (χ3n) is 3.43. The van der Waals surface area contributed by atoms with E-state index >= 15 is 0 Å². The summed E-state index contributed by atoms with van der Waals surface area (Å²) in [5, 5.41) is 0.172. The van der Waals surface area contributed by atoms with Crippen LogP contribution in [0.4, 0.5) is 0 Å². The highest BCUT2D eigenvalue weighted by atomic mass is 35.5. The van der Waals surface area contributed by atoms with Gasteiger partial charge in [-0.25, -0.2) is 0 Å². The Kier molecular flexibility index (Phi) is 3.30. The molecule has 2 heterocycles. The van der Waals surface area contributed by atoms with Crippen LogP contribution in [0.15, 0.2) is 41.0 Å². The van der Waals surface area contributed by atoms with Gasteiger partial charge in [-0.3, -0.25) is 4.79 Å². The van der Waals surface area contributed by atoms with Gasteiger partial charge in [-0.05, 0) is 41.6 Å². The summed E-state index contributed by atoms with van der Waals surface area (Å²) in [6.07, 6.45) is 2.71. The van der Waals surface area contributed by atoms with Crippen LogP contribution in [0.25, 0.3) is 0 Å². The fraction of sp³-hybridized carbons (Fsp3) is 0.267. The van der Waals surface area contributed by atoms with E-state index in [0.717, 1.165) is 17.7 Å². The summed E-state index contributed by atoms with van der Waals surface area (Å²) in [7, 11) is 0. The number of Topliss-reactive ketones (excluding diaryl/α,β-unsaturated/α-hetero) is 1. The van der Waals surface area contributed by atoms with E-state index in [1.807, 2.05) is 24.3 Å². The van der Waals surface area contributed by atoms with Crippen molar-refractivity contribution in [1.82, 2.24) is 0 Å². The maximum atomic E-state index is 12.2. The van der Waals surface area contributed by atoms with E-state index in [4.69, 9.17) is 20.8 Å². The van der Waals surface area contributed by atoms with Gasteiger partial charge in [0, 0.05) is 6.42 Å². The molecule has 3 nitrogen and oxygen atoms in total. The number of carbonyl (C=O) groups is 1. The molecule has 0 radical (unpaired) electrons. The van der Waals surface area contributed by atoms with Gasteiger partial charge in [0.2, 0.25) is 5.22 Å². The van der Waals surface area contributed by atoms with Crippen molar-refractivity contribution in [2.75, 3.05) is 6.61 Å². The van der Waals surface area contributed by atoms with Crippen molar-refractivity contribution in [2.24, 2.45) is 0 Å². The van der Waals surface area contributed by atoms with E-state index < -0.39 is 0 Å². The molecule has 0 fully saturated rings. The largest absolute Gasteiger partial charge is 0.493 e. The second kappa shape index (κ2) is 5.10. The molecule has 1 unspecified atom stereocenters. The molecule has 98 valence electrons. The SMILES string of the molecule is O=C(CC1CCOc2ccccc21)c1ccoc1Cl. The minimum atomic E-state index is 0.0143. The first-order valence-electron chi connectivity index (χ1n) is 6.23. The predicted molar refractivity (Wildman–Crippen MR) is 72.0 cm³/mol. The van der Waals surface area contributed by atoms with E-state index in [1.54, 1.807) is 6.07 Å². The third kappa shape index (κ3) is 2.38. The normalized spacial score (nSPS) is 17.6. The molecule has 0 saturated heterocycles. The molecule has 1 aromatic carbocycles. The maximum absolute atomic E-state index is 12.2. The summed E-state index contributed by atoms with van der Waals surface area (Å²) < 4.78 is 10.6. The molecule has 3 rings (SSSR count). The molecule has 0 bridgehead atoms. The number of ether oxygens (including phenoxy) is 1. The van der Waals surface area contributed by atoms with E-state index in [1.165, 1.54) is 6.26 Å². The van der Waals surface area contributed by atoms with Crippen LogP contribution in [-0.4, -0.2) is 12.4 Å². The zero-order chi connectivity index (χ0) is 13.2. The van der Waals surface area contributed by atoms with Crippen LogP contribution in [0, 0.1) is 0 Å². The minimum Gasteiger partial charge on any atom is -0.493 e. The van der Waals surface area contributed by atoms with Crippen LogP contribution in [0.3, 0.4) is 0 Å². The fourth-order valence-corrected chi connectivity index (χ4v) is 2.67. The Morgan fingerprint density at radius 1 is 1.32 bits per heavy atom. The van der Waals surface area contributed by atoms with Crippen molar-refractivity contribution in [3.05, 3.63) is 52.9 Å². The Morgan fingerprint density at radius 3 is 2.95 bits per heavy atom. The molecule has 0 spiro atoms. The smallest absolute Gasteiger partial charge is 0.203 e. The van der Waals surface area contributed by atoms with Crippen molar-refractivity contribution in [3.8, 4) is 5.75 Å². The molecule has 0 amide bonds. The standard InChI is InChI=1S/C15H13ClO3/c16-15-12(6-8-19-15)13(17)9-10-5-7-18-14-4-2-1-3-11(10)14/h1-4,6,8,10H,5,7,9H2. The highest BCUT2D eigenvalue weighted by Gasteiger charge is 2.25. The van der Waals surface area contributed by atoms with Gasteiger partial charge in [0.1, 0.15) is 5.75 Å². The number of ketones is 1. The first-order chi connectivity index (χ1) is 9.25. The van der Waals surface area contributed by atoms with E-state index in [-0.39, 0.29) is 16.9 Å². The Balaban J connectivity index is 1.82. The quantitative estimate of drug-likeness (QED) is 0.793. The van der Waals surface area contributed by atoms with Crippen LogP contribution in [0.2, 0.25) is 5.22 Å². The summed E-state index contributed by atoms with van der Waals surface area (Å²) in [4.78, 5) is 12.2. The lowest BCUT2D eigenvalue weighted by Crippen LogP contribution is -2.17. The van der Waals surface area contributed by atoms with Gasteiger partial charge >= 0.3 is 0 Å². The minimum absolute atomic E-state index is 0.0143. The zero-order valence-corrected chi connectivity index (χ0v) is 11.0. The van der Waals surface area contributed by atoms with Gasteiger partial charge in [0.25, 0.3) is 0 Å². The molecular weight excluding hydrogens is 264 g/mol. The van der Waals surface area contributed by atoms with Crippen LogP contribution in [-0.2, 0) is 0 Å². The number of hydrogen-bond acceptors (Lipinski definition) is 3. The van der Waals surface area contributed by atoms with E-state index in [9.17, 15) is 4.79 Å². The molecule has 19 heavy (non-hydrogen) atoms. The summed E-state index contributed by atoms with van der Waals surface area (Å²) in [5.41, 5.74) is 1.56. The highest BCUT2D eigenvalue weighted by molar-refractivity contribution is 6.32. The van der Waals surface area contributed by atoms with Crippen molar-refractivity contribution in [1.29, 1.82) is 0 Å². The lowest BCUT2D eigenvalue weighted by atomic mass is 9.88. The van der Waals surface area contributed by atoms with Crippen LogP contribution in [0.5, 0.6) is 5.75 Å². The van der Waals surface area contributed by atoms with Crippen LogP contribution in [0.1, 0.15) is 34.7 Å². The molecule has 1 aliphatic heterocycles. The average molecular weight is 277 g/mol. The number of benzene rings is 1. The molecule has 4 heteroatoms. The van der Waals surface area contributed by atoms with Gasteiger partial charge in [-0.2, -0.15) is 0 Å². The second-order valence-electron chi connectivity index (χ2n) is 4.61. The summed E-state index contributed by atoms with van der Waals surface area (Å²) in [5.74, 6) is 1.08. The van der Waals surface area contributed by atoms with Crippen molar-refractivity contribution >= 4 is 17.4 Å². The number of rotatable bonds is 3. The summed E-state index contributed by atoms with van der Waals surface area (Å²) in [6.45, 7) is 0.647. The van der Waals surface area contributed by atoms with E-state index in [2.05, 4.69) is 0 Å². The van der Waals surface area contributed by atoms with Crippen LogP contribution >= 0.6 is 11.6 Å². The zero-order valence-electron chi connectivity index (χ0n) is 10.3. The Morgan fingerprint density at radius 2 is 2.16 bits per heavy atom. The average Bonchev–Trinajstić information content (AvgIpc) is 2.85. The molecule has 2 aromatic rings. The Bertz CT molecular complexity index is 603. The molecule has 1 atom stereocenters. The lowest BCUT2D eigenvalue weighted by molar-refractivity contribution is 0.0965. The van der Waals surface area contributed by atoms with Gasteiger partial charge in [0.05, 0.1) is 18.4 Å². The number of fused-ring (bicyclic) bond motifs is 1. The maximum Gasteiger partial charge on any atom is 0.203 e. The molecule has 1 aliphatic rings. The Hall–Kier alpha value is -1.74. The Labute approximate surface area is 116 Å². The number of halogens is 1. The molecular formula is C15H13ClO3. The monoisotopic (exact) mass is 276 g/mol. The number of furan rings is 1. The third-order valence-corrected chi connectivity index (χ3v) is 3.73. The molecule has 1 aromatic heterocycles. The van der Waals surface area contributed by atoms with Crippen molar-refractivity contribution in [3.63, 3.8) is 0 Å². The summed E-state index contributed by atoms with van der Waals surface area (Å²) >= 11 is 5.84. The van der Waals surface area contributed by atoms with Gasteiger partial charge in [0.15, 0.2) is 5.78 Å². The lowest BCUT2D eigenvalue weighted by Gasteiger charge is -2.25. The molecule has 0 saturated carbocycles. The first-order valence-corrected chi connectivity index (χ1v) is 6.61. The second-order valence-corrected chi connectivity index (χ2v) is 4.95. The summed E-state index contributed by atoms with van der Waals surface area (Å²) in [6, 6.07) is 9.49. The van der Waals surface area contributed by atoms with Gasteiger partial charge in [-0.1, -0.05) is 18.2 Å². The topological polar surface area (TPSA) is 39.4 Å². The number of hydrogen-bond donors (Lipinski definition) is 0. The first kappa shape index (κ1) is 12.3. The van der Waals surface area contributed by atoms with E-state index in [0.29, 0.717) is 18.6 Å². The van der Waals surface area contributed by atoms with Gasteiger partial charge in [-0.15, -0.1) is 0 Å². The van der Waals surface area contributed by atoms with Crippen molar-refractivity contribution in [2.45, 2.75) is 18.8 Å². The number of para-hydroxylation sites is 1. The molecule has 0 aliphatic carbocycles. The predicted octanol–water partition coefficient (Wildman–Crippen LogP) is 4.07.